The van der Waals surface area contributed by atoms with Gasteiger partial charge in [0.15, 0.2) is 0 Å². The summed E-state index contributed by atoms with van der Waals surface area (Å²) < 4.78 is 11.1. The van der Waals surface area contributed by atoms with Crippen molar-refractivity contribution in [1.82, 2.24) is 0 Å². The Morgan fingerprint density at radius 2 is 2.15 bits per heavy atom. The Morgan fingerprint density at radius 1 is 1.45 bits per heavy atom. The van der Waals surface area contributed by atoms with Crippen molar-refractivity contribution < 1.29 is 14.3 Å². The second-order valence-corrected chi connectivity index (χ2v) is 6.18. The molecule has 0 radical (unpaired) electrons. The standard InChI is InChI=1S/C16H23NO3/c1-16(2,3)20-15(18)13(17)10-14-12-7-5-4-6-11(12)8-9-19-14/h4-7,13-14H,8-10,17H2,1-3H3. The largest absolute Gasteiger partial charge is 0.459 e. The van der Waals surface area contributed by atoms with Crippen molar-refractivity contribution in [3.63, 3.8) is 0 Å². The molecule has 1 aliphatic heterocycles. The number of esters is 1. The van der Waals surface area contributed by atoms with E-state index in [0.29, 0.717) is 13.0 Å². The van der Waals surface area contributed by atoms with Crippen LogP contribution in [-0.2, 0) is 20.7 Å². The Labute approximate surface area is 120 Å². The van der Waals surface area contributed by atoms with Gasteiger partial charge in [-0.15, -0.1) is 0 Å². The highest BCUT2D eigenvalue weighted by Crippen LogP contribution is 2.30. The number of fused-ring (bicyclic) bond motifs is 1. The lowest BCUT2D eigenvalue weighted by atomic mass is 9.94. The summed E-state index contributed by atoms with van der Waals surface area (Å²) in [5, 5.41) is 0. The third kappa shape index (κ3) is 3.81. The molecule has 0 aromatic heterocycles. The number of hydrogen-bond acceptors (Lipinski definition) is 4. The van der Waals surface area contributed by atoms with Gasteiger partial charge in [0, 0.05) is 6.42 Å². The Balaban J connectivity index is 2.02. The summed E-state index contributed by atoms with van der Waals surface area (Å²) in [5.74, 6) is -0.371. The zero-order valence-corrected chi connectivity index (χ0v) is 12.4. The van der Waals surface area contributed by atoms with Crippen LogP contribution in [0.4, 0.5) is 0 Å². The van der Waals surface area contributed by atoms with Gasteiger partial charge in [0.1, 0.15) is 11.6 Å². The molecule has 1 aromatic carbocycles. The van der Waals surface area contributed by atoms with E-state index in [1.807, 2.05) is 39.0 Å². The van der Waals surface area contributed by atoms with Crippen LogP contribution < -0.4 is 5.73 Å². The van der Waals surface area contributed by atoms with Crippen molar-refractivity contribution >= 4 is 5.97 Å². The van der Waals surface area contributed by atoms with Gasteiger partial charge >= 0.3 is 5.97 Å². The van der Waals surface area contributed by atoms with Crippen molar-refractivity contribution in [3.8, 4) is 0 Å². The maximum absolute atomic E-state index is 11.9. The van der Waals surface area contributed by atoms with Crippen LogP contribution in [0.15, 0.2) is 24.3 Å². The number of carbonyl (C=O) groups is 1. The van der Waals surface area contributed by atoms with Gasteiger partial charge in [-0.05, 0) is 38.3 Å². The molecule has 1 aromatic rings. The summed E-state index contributed by atoms with van der Waals surface area (Å²) in [6.45, 7) is 6.18. The summed E-state index contributed by atoms with van der Waals surface area (Å²) in [5.41, 5.74) is 7.86. The first-order valence-electron chi connectivity index (χ1n) is 7.04. The van der Waals surface area contributed by atoms with E-state index in [4.69, 9.17) is 15.2 Å². The van der Waals surface area contributed by atoms with Crippen LogP contribution >= 0.6 is 0 Å². The van der Waals surface area contributed by atoms with E-state index in [0.717, 1.165) is 12.0 Å². The molecule has 20 heavy (non-hydrogen) atoms. The zero-order valence-electron chi connectivity index (χ0n) is 12.4. The van der Waals surface area contributed by atoms with Gasteiger partial charge in [-0.25, -0.2) is 0 Å². The number of nitrogens with two attached hydrogens (primary N) is 1. The molecule has 2 unspecified atom stereocenters. The topological polar surface area (TPSA) is 61.5 Å². The second kappa shape index (κ2) is 5.94. The molecular formula is C16H23NO3. The SMILES string of the molecule is CC(C)(C)OC(=O)C(N)CC1OCCc2ccccc21. The van der Waals surface area contributed by atoms with Crippen molar-refractivity contribution in [3.05, 3.63) is 35.4 Å². The highest BCUT2D eigenvalue weighted by atomic mass is 16.6. The van der Waals surface area contributed by atoms with Gasteiger partial charge in [0.05, 0.1) is 12.7 Å². The molecule has 0 aliphatic carbocycles. The van der Waals surface area contributed by atoms with Crippen LogP contribution in [0, 0.1) is 0 Å². The minimum atomic E-state index is -0.662. The fourth-order valence-corrected chi connectivity index (χ4v) is 2.38. The monoisotopic (exact) mass is 277 g/mol. The Bertz CT molecular complexity index is 479. The molecule has 1 aliphatic rings. The smallest absolute Gasteiger partial charge is 0.323 e. The molecule has 0 amide bonds. The molecule has 4 nitrogen and oxygen atoms in total. The molecule has 2 N–H and O–H groups in total. The summed E-state index contributed by atoms with van der Waals surface area (Å²) in [7, 11) is 0. The van der Waals surface area contributed by atoms with Crippen molar-refractivity contribution in [2.45, 2.75) is 51.4 Å². The van der Waals surface area contributed by atoms with Crippen LogP contribution in [0.1, 0.15) is 44.4 Å². The number of benzene rings is 1. The summed E-state index contributed by atoms with van der Waals surface area (Å²) in [6.07, 6.45) is 1.24. The molecule has 1 heterocycles. The summed E-state index contributed by atoms with van der Waals surface area (Å²) in [6, 6.07) is 7.49. The van der Waals surface area contributed by atoms with E-state index in [1.165, 1.54) is 5.56 Å². The fraction of sp³-hybridized carbons (Fsp3) is 0.562. The number of rotatable bonds is 3. The van der Waals surface area contributed by atoms with Crippen LogP contribution in [-0.4, -0.2) is 24.2 Å². The van der Waals surface area contributed by atoms with Gasteiger partial charge in [-0.2, -0.15) is 0 Å². The maximum Gasteiger partial charge on any atom is 0.323 e. The number of hydrogen-bond donors (Lipinski definition) is 1. The quantitative estimate of drug-likeness (QED) is 0.862. The number of carbonyl (C=O) groups excluding carboxylic acids is 1. The molecule has 0 saturated carbocycles. The molecule has 2 rings (SSSR count). The minimum absolute atomic E-state index is 0.123. The average Bonchev–Trinajstić information content (AvgIpc) is 2.37. The summed E-state index contributed by atoms with van der Waals surface area (Å²) >= 11 is 0. The highest BCUT2D eigenvalue weighted by molar-refractivity contribution is 5.76. The molecular weight excluding hydrogens is 254 g/mol. The Kier molecular flexibility index (Phi) is 4.45. The van der Waals surface area contributed by atoms with E-state index in [9.17, 15) is 4.79 Å². The van der Waals surface area contributed by atoms with Gasteiger partial charge in [0.25, 0.3) is 0 Å². The molecule has 0 spiro atoms. The van der Waals surface area contributed by atoms with Crippen LogP contribution in [0.3, 0.4) is 0 Å². The molecule has 4 heteroatoms. The van der Waals surface area contributed by atoms with E-state index in [1.54, 1.807) is 0 Å². The molecule has 0 bridgehead atoms. The predicted octanol–water partition coefficient (Wildman–Crippen LogP) is 2.36. The molecule has 0 saturated heterocycles. The van der Waals surface area contributed by atoms with Gasteiger partial charge in [0.2, 0.25) is 0 Å². The third-order valence-corrected chi connectivity index (χ3v) is 3.27. The van der Waals surface area contributed by atoms with E-state index < -0.39 is 11.6 Å². The van der Waals surface area contributed by atoms with Crippen LogP contribution in [0.25, 0.3) is 0 Å². The minimum Gasteiger partial charge on any atom is -0.459 e. The molecule has 0 fully saturated rings. The van der Waals surface area contributed by atoms with Gasteiger partial charge in [-0.1, -0.05) is 24.3 Å². The first kappa shape index (κ1) is 15.0. The van der Waals surface area contributed by atoms with Crippen LogP contribution in [0.5, 0.6) is 0 Å². The van der Waals surface area contributed by atoms with Crippen molar-refractivity contribution in [2.75, 3.05) is 6.61 Å². The van der Waals surface area contributed by atoms with Crippen LogP contribution in [0.2, 0.25) is 0 Å². The molecule has 110 valence electrons. The van der Waals surface area contributed by atoms with E-state index in [2.05, 4.69) is 6.07 Å². The normalized spacial score (nSPS) is 20.1. The highest BCUT2D eigenvalue weighted by Gasteiger charge is 2.28. The first-order valence-corrected chi connectivity index (χ1v) is 7.04. The fourth-order valence-electron chi connectivity index (χ4n) is 2.38. The van der Waals surface area contributed by atoms with Crippen molar-refractivity contribution in [1.29, 1.82) is 0 Å². The Morgan fingerprint density at radius 3 is 2.85 bits per heavy atom. The average molecular weight is 277 g/mol. The lowest BCUT2D eigenvalue weighted by Crippen LogP contribution is -2.39. The number of ether oxygens (including phenoxy) is 2. The second-order valence-electron chi connectivity index (χ2n) is 6.18. The van der Waals surface area contributed by atoms with E-state index in [-0.39, 0.29) is 12.1 Å². The first-order chi connectivity index (χ1) is 9.37. The van der Waals surface area contributed by atoms with Gasteiger partial charge in [-0.3, -0.25) is 4.79 Å². The maximum atomic E-state index is 11.9. The predicted molar refractivity (Wildman–Crippen MR) is 77.3 cm³/mol. The van der Waals surface area contributed by atoms with E-state index >= 15 is 0 Å². The summed E-state index contributed by atoms with van der Waals surface area (Å²) in [4.78, 5) is 11.9. The molecule has 2 atom stereocenters. The Hall–Kier alpha value is -1.39. The zero-order chi connectivity index (χ0) is 14.8. The lowest BCUT2D eigenvalue weighted by Gasteiger charge is -2.28. The lowest BCUT2D eigenvalue weighted by molar-refractivity contribution is -0.157. The van der Waals surface area contributed by atoms with Gasteiger partial charge < -0.3 is 15.2 Å². The third-order valence-electron chi connectivity index (χ3n) is 3.27. The van der Waals surface area contributed by atoms with Crippen molar-refractivity contribution in [2.24, 2.45) is 5.73 Å².